The number of hydrogen-bond acceptors (Lipinski definition) is 4. The minimum Gasteiger partial charge on any atom is -0.490 e. The molecule has 0 saturated carbocycles. The summed E-state index contributed by atoms with van der Waals surface area (Å²) < 4.78 is 11.3. The Kier molecular flexibility index (Phi) is 12.2. The summed E-state index contributed by atoms with van der Waals surface area (Å²) in [6, 6.07) is 10.3. The van der Waals surface area contributed by atoms with Crippen LogP contribution in [0, 0.1) is 0 Å². The van der Waals surface area contributed by atoms with Gasteiger partial charge in [0.05, 0.1) is 13.2 Å². The van der Waals surface area contributed by atoms with Crippen molar-refractivity contribution < 1.29 is 19.1 Å². The second-order valence-electron chi connectivity index (χ2n) is 8.12. The molecule has 0 aliphatic heterocycles. The van der Waals surface area contributed by atoms with Crippen LogP contribution in [-0.2, 0) is 22.6 Å². The second-order valence-corrected chi connectivity index (χ2v) is 8.96. The molecule has 0 heterocycles. The predicted molar refractivity (Wildman–Crippen MR) is 141 cm³/mol. The highest BCUT2D eigenvalue weighted by Gasteiger charge is 2.28. The molecule has 8 heteroatoms. The van der Waals surface area contributed by atoms with E-state index in [1.54, 1.807) is 23.1 Å². The lowest BCUT2D eigenvalue weighted by Gasteiger charge is -2.31. The topological polar surface area (TPSA) is 67.9 Å². The Labute approximate surface area is 218 Å². The maximum atomic E-state index is 13.5. The number of benzene rings is 2. The summed E-state index contributed by atoms with van der Waals surface area (Å²) in [6.07, 6.45) is 2.05. The van der Waals surface area contributed by atoms with E-state index in [1.807, 2.05) is 45.9 Å². The number of ether oxygens (including phenoxy) is 2. The van der Waals surface area contributed by atoms with Gasteiger partial charge < -0.3 is 19.7 Å². The van der Waals surface area contributed by atoms with E-state index >= 15 is 0 Å². The zero-order valence-corrected chi connectivity index (χ0v) is 22.5. The molecular weight excluding hydrogens is 487 g/mol. The van der Waals surface area contributed by atoms with Gasteiger partial charge in [0.1, 0.15) is 6.04 Å². The van der Waals surface area contributed by atoms with Gasteiger partial charge in [0, 0.05) is 29.6 Å². The van der Waals surface area contributed by atoms with E-state index in [1.165, 1.54) is 0 Å². The van der Waals surface area contributed by atoms with Gasteiger partial charge in [0.25, 0.3) is 0 Å². The van der Waals surface area contributed by atoms with E-state index in [0.29, 0.717) is 54.1 Å². The molecule has 0 fully saturated rings. The second kappa shape index (κ2) is 14.8. The van der Waals surface area contributed by atoms with Crippen LogP contribution in [0.5, 0.6) is 11.5 Å². The van der Waals surface area contributed by atoms with Crippen LogP contribution >= 0.6 is 23.2 Å². The van der Waals surface area contributed by atoms with Gasteiger partial charge in [-0.05, 0) is 68.5 Å². The number of aryl methyl sites for hydroxylation is 1. The van der Waals surface area contributed by atoms with Crippen molar-refractivity contribution in [3.8, 4) is 11.5 Å². The van der Waals surface area contributed by atoms with Crippen molar-refractivity contribution in [1.29, 1.82) is 0 Å². The molecular formula is C27H36Cl2N2O4. The SMILES string of the molecule is CCCNC(=O)[C@H](CC)N(Cc1ccc(Cl)cc1Cl)C(=O)CCc1ccc(OCC)c(OCC)c1. The minimum absolute atomic E-state index is 0.124. The fourth-order valence-corrected chi connectivity index (χ4v) is 4.23. The molecule has 2 amide bonds. The Morgan fingerprint density at radius 1 is 0.971 bits per heavy atom. The molecule has 35 heavy (non-hydrogen) atoms. The molecule has 0 saturated heterocycles. The Hall–Kier alpha value is -2.44. The fraction of sp³-hybridized carbons (Fsp3) is 0.481. The van der Waals surface area contributed by atoms with Gasteiger partial charge in [-0.2, -0.15) is 0 Å². The average molecular weight is 524 g/mol. The van der Waals surface area contributed by atoms with Gasteiger partial charge >= 0.3 is 0 Å². The number of nitrogens with one attached hydrogen (secondary N) is 1. The quantitative estimate of drug-likeness (QED) is 0.327. The number of nitrogens with zero attached hydrogens (tertiary/aromatic N) is 1. The normalized spacial score (nSPS) is 11.6. The maximum Gasteiger partial charge on any atom is 0.242 e. The minimum atomic E-state index is -0.597. The number of amides is 2. The number of rotatable bonds is 14. The van der Waals surface area contributed by atoms with E-state index < -0.39 is 6.04 Å². The van der Waals surface area contributed by atoms with E-state index in [4.69, 9.17) is 32.7 Å². The molecule has 0 aliphatic carbocycles. The zero-order valence-electron chi connectivity index (χ0n) is 21.0. The summed E-state index contributed by atoms with van der Waals surface area (Å²) >= 11 is 12.5. The molecule has 2 rings (SSSR count). The smallest absolute Gasteiger partial charge is 0.242 e. The molecule has 2 aromatic carbocycles. The predicted octanol–water partition coefficient (Wildman–Crippen LogP) is 6.06. The first-order valence-corrected chi connectivity index (χ1v) is 13.0. The van der Waals surface area contributed by atoms with Gasteiger partial charge in [0.2, 0.25) is 11.8 Å². The molecule has 2 aromatic rings. The summed E-state index contributed by atoms with van der Waals surface area (Å²) in [7, 11) is 0. The lowest BCUT2D eigenvalue weighted by molar-refractivity contribution is -0.141. The maximum absolute atomic E-state index is 13.5. The molecule has 0 unspecified atom stereocenters. The molecule has 0 spiro atoms. The van der Waals surface area contributed by atoms with Crippen LogP contribution in [0.2, 0.25) is 10.0 Å². The van der Waals surface area contributed by atoms with Crippen molar-refractivity contribution >= 4 is 35.0 Å². The Bertz CT molecular complexity index is 984. The number of carbonyl (C=O) groups excluding carboxylic acids is 2. The molecule has 6 nitrogen and oxygen atoms in total. The third-order valence-corrected chi connectivity index (χ3v) is 6.11. The van der Waals surface area contributed by atoms with E-state index in [9.17, 15) is 9.59 Å². The summed E-state index contributed by atoms with van der Waals surface area (Å²) in [5, 5.41) is 3.91. The summed E-state index contributed by atoms with van der Waals surface area (Å²) in [4.78, 5) is 28.0. The van der Waals surface area contributed by atoms with Crippen LogP contribution in [0.3, 0.4) is 0 Å². The number of carbonyl (C=O) groups is 2. The van der Waals surface area contributed by atoms with Crippen LogP contribution < -0.4 is 14.8 Å². The van der Waals surface area contributed by atoms with Crippen molar-refractivity contribution in [3.63, 3.8) is 0 Å². The molecule has 0 bridgehead atoms. The Balaban J connectivity index is 2.25. The lowest BCUT2D eigenvalue weighted by atomic mass is 10.1. The van der Waals surface area contributed by atoms with E-state index in [2.05, 4.69) is 5.32 Å². The lowest BCUT2D eigenvalue weighted by Crippen LogP contribution is -2.49. The first-order chi connectivity index (χ1) is 16.8. The Morgan fingerprint density at radius 2 is 1.69 bits per heavy atom. The van der Waals surface area contributed by atoms with Crippen molar-refractivity contribution in [3.05, 3.63) is 57.6 Å². The molecule has 0 aromatic heterocycles. The number of halogens is 2. The van der Waals surface area contributed by atoms with Crippen LogP contribution in [0.1, 0.15) is 58.1 Å². The summed E-state index contributed by atoms with van der Waals surface area (Å²) in [5.41, 5.74) is 1.70. The monoisotopic (exact) mass is 522 g/mol. The van der Waals surface area contributed by atoms with Crippen molar-refractivity contribution in [2.75, 3.05) is 19.8 Å². The van der Waals surface area contributed by atoms with Gasteiger partial charge in [-0.1, -0.05) is 49.2 Å². The van der Waals surface area contributed by atoms with Gasteiger partial charge in [-0.3, -0.25) is 9.59 Å². The summed E-state index contributed by atoms with van der Waals surface area (Å²) in [6.45, 7) is 9.57. The highest BCUT2D eigenvalue weighted by molar-refractivity contribution is 6.35. The van der Waals surface area contributed by atoms with Crippen LogP contribution in [0.25, 0.3) is 0 Å². The van der Waals surface area contributed by atoms with E-state index in [-0.39, 0.29) is 24.8 Å². The zero-order chi connectivity index (χ0) is 25.8. The van der Waals surface area contributed by atoms with Crippen LogP contribution in [-0.4, -0.2) is 42.5 Å². The molecule has 192 valence electrons. The third-order valence-electron chi connectivity index (χ3n) is 5.53. The van der Waals surface area contributed by atoms with Crippen molar-refractivity contribution in [2.24, 2.45) is 0 Å². The van der Waals surface area contributed by atoms with Gasteiger partial charge in [-0.15, -0.1) is 0 Å². The standard InChI is InChI=1S/C27H36Cl2N2O4/c1-5-15-30-27(33)23(6-2)31(18-20-11-12-21(28)17-22(20)29)26(32)14-10-19-9-13-24(34-7-3)25(16-19)35-8-4/h9,11-13,16-17,23H,5-8,10,14-15,18H2,1-4H3,(H,30,33)/t23-/m0/s1. The molecule has 0 aliphatic rings. The Morgan fingerprint density at radius 3 is 2.31 bits per heavy atom. The average Bonchev–Trinajstić information content (AvgIpc) is 2.84. The molecule has 0 radical (unpaired) electrons. The fourth-order valence-electron chi connectivity index (χ4n) is 3.76. The third kappa shape index (κ3) is 8.62. The number of hydrogen-bond donors (Lipinski definition) is 1. The first kappa shape index (κ1) is 28.8. The van der Waals surface area contributed by atoms with Crippen LogP contribution in [0.15, 0.2) is 36.4 Å². The van der Waals surface area contributed by atoms with Crippen LogP contribution in [0.4, 0.5) is 0 Å². The van der Waals surface area contributed by atoms with Gasteiger partial charge in [0.15, 0.2) is 11.5 Å². The van der Waals surface area contributed by atoms with Gasteiger partial charge in [-0.25, -0.2) is 0 Å². The highest BCUT2D eigenvalue weighted by atomic mass is 35.5. The first-order valence-electron chi connectivity index (χ1n) is 12.2. The summed E-state index contributed by atoms with van der Waals surface area (Å²) in [5.74, 6) is 1.06. The van der Waals surface area contributed by atoms with Crippen molar-refractivity contribution in [1.82, 2.24) is 10.2 Å². The van der Waals surface area contributed by atoms with Crippen molar-refractivity contribution in [2.45, 2.75) is 66.0 Å². The van der Waals surface area contributed by atoms with E-state index in [0.717, 1.165) is 17.5 Å². The largest absolute Gasteiger partial charge is 0.490 e. The molecule has 1 atom stereocenters. The molecule has 1 N–H and O–H groups in total. The highest BCUT2D eigenvalue weighted by Crippen LogP contribution is 2.29.